The maximum atomic E-state index is 13.1. The second-order valence-corrected chi connectivity index (χ2v) is 26.1. The minimum Gasteiger partial charge on any atom is -0.394 e. The van der Waals surface area contributed by atoms with Crippen molar-refractivity contribution in [2.24, 2.45) is 0 Å². The number of unbranched alkanes of at least 4 members (excludes halogenated alkanes) is 46. The maximum absolute atomic E-state index is 13.1. The molecular weight excluding hydrogens is 1080 g/mol. The Morgan fingerprint density at radius 1 is 0.402 bits per heavy atom. The smallest absolute Gasteiger partial charge is 0.220 e. The lowest BCUT2D eigenvalue weighted by Gasteiger charge is -2.40. The fourth-order valence-electron chi connectivity index (χ4n) is 12.0. The number of aliphatic hydroxyl groups excluding tert-OH is 5. The lowest BCUT2D eigenvalue weighted by atomic mass is 9.99. The van der Waals surface area contributed by atoms with E-state index >= 15 is 0 Å². The summed E-state index contributed by atoms with van der Waals surface area (Å²) in [6.07, 6.45) is 87.5. The quantitative estimate of drug-likeness (QED) is 0.0261. The van der Waals surface area contributed by atoms with Crippen LogP contribution in [0.5, 0.6) is 0 Å². The third kappa shape index (κ3) is 55.0. The number of aliphatic hydroxyl groups is 5. The fourth-order valence-corrected chi connectivity index (χ4v) is 12.0. The number of amides is 1. The molecule has 0 spiro atoms. The molecule has 1 aliphatic rings. The number of rotatable bonds is 66. The van der Waals surface area contributed by atoms with Crippen LogP contribution in [0.4, 0.5) is 0 Å². The molecule has 0 aromatic rings. The minimum absolute atomic E-state index is 0.170. The molecule has 7 unspecified atom stereocenters. The molecule has 7 atom stereocenters. The van der Waals surface area contributed by atoms with Crippen LogP contribution in [-0.2, 0) is 14.3 Å². The van der Waals surface area contributed by atoms with Crippen LogP contribution in [0.2, 0.25) is 0 Å². The predicted molar refractivity (Wildman–Crippen MR) is 373 cm³/mol. The van der Waals surface area contributed by atoms with Gasteiger partial charge in [0.15, 0.2) is 6.29 Å². The number of hydrogen-bond donors (Lipinski definition) is 6. The third-order valence-electron chi connectivity index (χ3n) is 17.8. The molecule has 1 aliphatic heterocycles. The van der Waals surface area contributed by atoms with Crippen molar-refractivity contribution in [2.75, 3.05) is 13.2 Å². The Labute approximate surface area is 538 Å². The Balaban J connectivity index is 2.05. The van der Waals surface area contributed by atoms with E-state index < -0.39 is 49.5 Å². The zero-order valence-corrected chi connectivity index (χ0v) is 57.0. The summed E-state index contributed by atoms with van der Waals surface area (Å²) in [4.78, 5) is 13.1. The van der Waals surface area contributed by atoms with Crippen molar-refractivity contribution in [1.82, 2.24) is 5.32 Å². The van der Waals surface area contributed by atoms with Crippen LogP contribution in [0.25, 0.3) is 0 Å². The van der Waals surface area contributed by atoms with E-state index in [2.05, 4.69) is 79.9 Å². The second-order valence-electron chi connectivity index (χ2n) is 26.1. The van der Waals surface area contributed by atoms with Crippen molar-refractivity contribution in [3.05, 3.63) is 72.9 Å². The predicted octanol–water partition coefficient (Wildman–Crippen LogP) is 21.1. The number of carbonyl (C=O) groups excluding carboxylic acids is 1. The van der Waals surface area contributed by atoms with E-state index in [1.165, 1.54) is 270 Å². The third-order valence-corrected chi connectivity index (χ3v) is 17.8. The summed E-state index contributed by atoms with van der Waals surface area (Å²) in [6.45, 7) is 3.71. The van der Waals surface area contributed by atoms with Gasteiger partial charge < -0.3 is 40.3 Å². The van der Waals surface area contributed by atoms with Gasteiger partial charge in [-0.25, -0.2) is 0 Å². The van der Waals surface area contributed by atoms with Crippen LogP contribution >= 0.6 is 0 Å². The Bertz CT molecular complexity index is 1610. The molecule has 0 saturated carbocycles. The van der Waals surface area contributed by atoms with Gasteiger partial charge in [0, 0.05) is 6.42 Å². The van der Waals surface area contributed by atoms with Crippen molar-refractivity contribution in [2.45, 2.75) is 403 Å². The van der Waals surface area contributed by atoms with E-state index in [0.717, 1.165) is 70.6 Å². The summed E-state index contributed by atoms with van der Waals surface area (Å²) in [7, 11) is 0. The van der Waals surface area contributed by atoms with Crippen LogP contribution in [-0.4, -0.2) is 87.5 Å². The zero-order valence-electron chi connectivity index (χ0n) is 57.0. The van der Waals surface area contributed by atoms with Gasteiger partial charge in [0.25, 0.3) is 0 Å². The zero-order chi connectivity index (χ0) is 62.8. The molecule has 0 radical (unpaired) electrons. The van der Waals surface area contributed by atoms with E-state index in [9.17, 15) is 30.3 Å². The van der Waals surface area contributed by atoms with Gasteiger partial charge in [-0.15, -0.1) is 0 Å². The highest BCUT2D eigenvalue weighted by atomic mass is 16.7. The molecule has 6 N–H and O–H groups in total. The Morgan fingerprint density at radius 2 is 0.713 bits per heavy atom. The summed E-state index contributed by atoms with van der Waals surface area (Å²) in [5.41, 5.74) is 0. The summed E-state index contributed by atoms with van der Waals surface area (Å²) >= 11 is 0. The molecule has 1 amide bonds. The number of carbonyl (C=O) groups is 1. The fraction of sp³-hybridized carbons (Fsp3) is 0.833. The molecule has 9 heteroatoms. The normalized spacial score (nSPS) is 18.4. The average molecular weight is 1220 g/mol. The molecule has 9 nitrogen and oxygen atoms in total. The topological polar surface area (TPSA) is 149 Å². The molecule has 1 fully saturated rings. The molecule has 0 aromatic heterocycles. The van der Waals surface area contributed by atoms with Crippen molar-refractivity contribution in [3.8, 4) is 0 Å². The van der Waals surface area contributed by atoms with Gasteiger partial charge >= 0.3 is 0 Å². The van der Waals surface area contributed by atoms with Crippen molar-refractivity contribution in [3.63, 3.8) is 0 Å². The Morgan fingerprint density at radius 3 is 1.06 bits per heavy atom. The summed E-state index contributed by atoms with van der Waals surface area (Å²) in [6, 6.07) is -0.806. The van der Waals surface area contributed by atoms with Crippen LogP contribution in [0, 0.1) is 0 Å². The van der Waals surface area contributed by atoms with Gasteiger partial charge in [0.1, 0.15) is 24.4 Å². The molecule has 1 saturated heterocycles. The SMILES string of the molecule is CC/C=C\C/C=C\C/C=C\C/C=C\C/C=C\CCCCCCCCCCCCCCCCCCCCCCCCCCCC(=O)NC(COC1OC(CO)C(O)C(O)C1O)C(O)/C=C/CCCCCCCCCCCCCCCCCCCCCCC. The van der Waals surface area contributed by atoms with Gasteiger partial charge in [0.05, 0.1) is 25.4 Å². The molecule has 87 heavy (non-hydrogen) atoms. The molecule has 0 bridgehead atoms. The molecule has 508 valence electrons. The first-order valence-electron chi connectivity index (χ1n) is 37.7. The highest BCUT2D eigenvalue weighted by Crippen LogP contribution is 2.24. The number of allylic oxidation sites excluding steroid dienone is 11. The minimum atomic E-state index is -1.57. The standard InChI is InChI=1S/C78H143NO8/c1-3-5-7-9-11-13-15-17-19-21-23-25-27-28-29-30-31-32-33-34-35-36-37-38-39-40-41-42-43-44-46-48-50-52-54-56-58-60-62-64-66-68-74(82)79-71(70-86-78-77(85)76(84)75(83)73(69-80)87-78)72(81)67-65-63-61-59-57-55-53-51-49-47-45-26-24-22-20-18-16-14-12-10-8-6-4-2/h5,7,11,13,17,19,23,25,28-29,65,67,71-73,75-78,80-81,83-85H,3-4,6,8-10,12,14-16,18,20-22,24,26-27,30-64,66,68-70H2,1-2H3,(H,79,82)/b7-5-,13-11-,19-17-,25-23-,29-28-,67-65+. The number of hydrogen-bond acceptors (Lipinski definition) is 8. The van der Waals surface area contributed by atoms with E-state index in [1.807, 2.05) is 6.08 Å². The van der Waals surface area contributed by atoms with Crippen LogP contribution in [0.15, 0.2) is 72.9 Å². The van der Waals surface area contributed by atoms with E-state index in [4.69, 9.17) is 9.47 Å². The largest absolute Gasteiger partial charge is 0.394 e. The lowest BCUT2D eigenvalue weighted by molar-refractivity contribution is -0.302. The second kappa shape index (κ2) is 66.5. The molecule has 1 rings (SSSR count). The van der Waals surface area contributed by atoms with Crippen LogP contribution in [0.3, 0.4) is 0 Å². The van der Waals surface area contributed by atoms with E-state index in [0.29, 0.717) is 6.42 Å². The van der Waals surface area contributed by atoms with Crippen molar-refractivity contribution in [1.29, 1.82) is 0 Å². The first-order valence-corrected chi connectivity index (χ1v) is 37.7. The average Bonchev–Trinajstić information content (AvgIpc) is 3.47. The highest BCUT2D eigenvalue weighted by Gasteiger charge is 2.44. The number of ether oxygens (including phenoxy) is 2. The molecule has 1 heterocycles. The molecular formula is C78H143NO8. The van der Waals surface area contributed by atoms with Crippen LogP contribution in [0.1, 0.15) is 361 Å². The van der Waals surface area contributed by atoms with Crippen molar-refractivity contribution < 1.29 is 39.8 Å². The van der Waals surface area contributed by atoms with Crippen molar-refractivity contribution >= 4 is 5.91 Å². The lowest BCUT2D eigenvalue weighted by Crippen LogP contribution is -2.60. The van der Waals surface area contributed by atoms with E-state index in [-0.39, 0.29) is 12.5 Å². The van der Waals surface area contributed by atoms with Gasteiger partial charge in [-0.1, -0.05) is 363 Å². The van der Waals surface area contributed by atoms with Crippen LogP contribution < -0.4 is 5.32 Å². The first kappa shape index (κ1) is 82.6. The molecule has 0 aliphatic carbocycles. The van der Waals surface area contributed by atoms with Gasteiger partial charge in [-0.05, 0) is 64.2 Å². The molecule has 0 aromatic carbocycles. The monoisotopic (exact) mass is 1220 g/mol. The van der Waals surface area contributed by atoms with E-state index in [1.54, 1.807) is 6.08 Å². The van der Waals surface area contributed by atoms with Gasteiger partial charge in [-0.3, -0.25) is 4.79 Å². The van der Waals surface area contributed by atoms with Gasteiger partial charge in [0.2, 0.25) is 5.91 Å². The summed E-state index contributed by atoms with van der Waals surface area (Å²) in [5, 5.41) is 54.8. The van der Waals surface area contributed by atoms with Gasteiger partial charge in [-0.2, -0.15) is 0 Å². The Hall–Kier alpha value is -2.37. The summed E-state index contributed by atoms with van der Waals surface area (Å²) < 4.78 is 11.3. The highest BCUT2D eigenvalue weighted by molar-refractivity contribution is 5.76. The maximum Gasteiger partial charge on any atom is 0.220 e. The first-order chi connectivity index (χ1) is 42.8. The summed E-state index contributed by atoms with van der Waals surface area (Å²) in [5.74, 6) is -0.170. The number of nitrogens with one attached hydrogen (secondary N) is 1. The Kier molecular flexibility index (Phi) is 63.2.